The molecule has 1 amide bonds. The third-order valence-corrected chi connectivity index (χ3v) is 4.35. The second-order valence-corrected chi connectivity index (χ2v) is 6.09. The summed E-state index contributed by atoms with van der Waals surface area (Å²) in [4.78, 5) is 21.0. The summed E-state index contributed by atoms with van der Waals surface area (Å²) in [6, 6.07) is 10.8. The topological polar surface area (TPSA) is 78.7 Å². The molecule has 0 saturated heterocycles. The van der Waals surface area contributed by atoms with Crippen LogP contribution in [-0.2, 0) is 0 Å². The predicted octanol–water partition coefficient (Wildman–Crippen LogP) is 2.96. The van der Waals surface area contributed by atoms with Crippen LogP contribution in [0.25, 0.3) is 0 Å². The van der Waals surface area contributed by atoms with Crippen molar-refractivity contribution in [3.8, 4) is 17.6 Å². The van der Waals surface area contributed by atoms with Crippen LogP contribution < -0.4 is 14.4 Å². The molecule has 28 heavy (non-hydrogen) atoms. The molecule has 1 aromatic heterocycles. The number of amides is 1. The van der Waals surface area contributed by atoms with Gasteiger partial charge in [-0.3, -0.25) is 4.79 Å². The van der Waals surface area contributed by atoms with E-state index in [4.69, 9.17) is 14.7 Å². The number of para-hydroxylation sites is 1. The smallest absolute Gasteiger partial charge is 0.257 e. The summed E-state index contributed by atoms with van der Waals surface area (Å²) in [6.45, 7) is 5.95. The molecule has 0 saturated carbocycles. The van der Waals surface area contributed by atoms with Gasteiger partial charge >= 0.3 is 0 Å². The van der Waals surface area contributed by atoms with Gasteiger partial charge in [-0.1, -0.05) is 6.07 Å². The first-order valence-corrected chi connectivity index (χ1v) is 9.22. The Kier molecular flexibility index (Phi) is 7.64. The molecular formula is C21H26N4O3. The maximum atomic E-state index is 13.1. The molecule has 2 aromatic rings. The number of nitrogens with zero attached hydrogens (tertiary/aromatic N) is 4. The highest BCUT2D eigenvalue weighted by Gasteiger charge is 2.21. The third kappa shape index (κ3) is 4.92. The number of rotatable bonds is 9. The second kappa shape index (κ2) is 10.2. The summed E-state index contributed by atoms with van der Waals surface area (Å²) in [5, 5.41) is 9.04. The van der Waals surface area contributed by atoms with Crippen molar-refractivity contribution in [1.29, 1.82) is 5.26 Å². The summed E-state index contributed by atoms with van der Waals surface area (Å²) < 4.78 is 11.0. The van der Waals surface area contributed by atoms with Crippen LogP contribution in [0.5, 0.6) is 11.5 Å². The molecule has 0 radical (unpaired) electrons. The number of likely N-dealkylation sites (N-methyl/N-ethyl adjacent to an activating group) is 2. The van der Waals surface area contributed by atoms with Gasteiger partial charge in [-0.05, 0) is 38.1 Å². The van der Waals surface area contributed by atoms with Gasteiger partial charge in [-0.25, -0.2) is 4.98 Å². The molecule has 148 valence electrons. The molecule has 0 fully saturated rings. The van der Waals surface area contributed by atoms with Crippen molar-refractivity contribution < 1.29 is 14.3 Å². The first kappa shape index (κ1) is 21.0. The fraction of sp³-hybridized carbons (Fsp3) is 0.381. The zero-order valence-corrected chi connectivity index (χ0v) is 16.8. The van der Waals surface area contributed by atoms with Gasteiger partial charge in [-0.15, -0.1) is 0 Å². The average Bonchev–Trinajstić information content (AvgIpc) is 2.73. The van der Waals surface area contributed by atoms with E-state index in [0.29, 0.717) is 54.7 Å². The zero-order chi connectivity index (χ0) is 20.5. The number of hydrogen-bond acceptors (Lipinski definition) is 6. The zero-order valence-electron chi connectivity index (χ0n) is 16.8. The number of carbonyl (C=O) groups excluding carboxylic acids is 1. The third-order valence-electron chi connectivity index (χ3n) is 4.35. The Bertz CT molecular complexity index is 848. The lowest BCUT2D eigenvalue weighted by Gasteiger charge is -2.26. The van der Waals surface area contributed by atoms with Crippen LogP contribution in [0.15, 0.2) is 36.5 Å². The first-order chi connectivity index (χ1) is 13.5. The number of pyridine rings is 1. The number of carbonyl (C=O) groups is 1. The standard InChI is InChI=1S/C21H26N4O3/c1-5-25(13-12-24(3)19-14-16(15-22)10-11-23-19)21(26)17-8-7-9-18(28-6-2)20(17)27-4/h7-11,14H,5-6,12-13H2,1-4H3. The molecule has 0 N–H and O–H groups in total. The van der Waals surface area contributed by atoms with Crippen LogP contribution in [0.3, 0.4) is 0 Å². The molecule has 0 aliphatic rings. The van der Waals surface area contributed by atoms with Crippen LogP contribution in [0.4, 0.5) is 5.82 Å². The Morgan fingerprint density at radius 3 is 2.68 bits per heavy atom. The predicted molar refractivity (Wildman–Crippen MR) is 108 cm³/mol. The Hall–Kier alpha value is -3.27. The Morgan fingerprint density at radius 2 is 2.04 bits per heavy atom. The highest BCUT2D eigenvalue weighted by Crippen LogP contribution is 2.31. The summed E-state index contributed by atoms with van der Waals surface area (Å²) in [5.74, 6) is 1.58. The van der Waals surface area contributed by atoms with Crippen LogP contribution in [0, 0.1) is 11.3 Å². The minimum Gasteiger partial charge on any atom is -0.492 e. The molecule has 7 heteroatoms. The molecule has 0 atom stereocenters. The first-order valence-electron chi connectivity index (χ1n) is 9.22. The fourth-order valence-corrected chi connectivity index (χ4v) is 2.82. The van der Waals surface area contributed by atoms with Gasteiger partial charge in [0.25, 0.3) is 5.91 Å². The van der Waals surface area contributed by atoms with Gasteiger partial charge in [0.1, 0.15) is 5.82 Å². The van der Waals surface area contributed by atoms with Gasteiger partial charge in [-0.2, -0.15) is 5.26 Å². The van der Waals surface area contributed by atoms with Crippen LogP contribution >= 0.6 is 0 Å². The molecule has 0 unspecified atom stereocenters. The highest BCUT2D eigenvalue weighted by atomic mass is 16.5. The molecular weight excluding hydrogens is 356 g/mol. The van der Waals surface area contributed by atoms with Gasteiger partial charge < -0.3 is 19.3 Å². The Balaban J connectivity index is 2.14. The largest absolute Gasteiger partial charge is 0.492 e. The van der Waals surface area contributed by atoms with E-state index in [9.17, 15) is 4.79 Å². The van der Waals surface area contributed by atoms with Crippen molar-refractivity contribution in [1.82, 2.24) is 9.88 Å². The SMILES string of the molecule is CCOc1cccc(C(=O)N(CC)CCN(C)c2cc(C#N)ccn2)c1OC. The molecule has 7 nitrogen and oxygen atoms in total. The van der Waals surface area contributed by atoms with E-state index in [2.05, 4.69) is 11.1 Å². The monoisotopic (exact) mass is 382 g/mol. The maximum absolute atomic E-state index is 13.1. The quantitative estimate of drug-likeness (QED) is 0.663. The lowest BCUT2D eigenvalue weighted by Crippen LogP contribution is -2.37. The number of ether oxygens (including phenoxy) is 2. The molecule has 2 rings (SSSR count). The lowest BCUT2D eigenvalue weighted by atomic mass is 10.1. The lowest BCUT2D eigenvalue weighted by molar-refractivity contribution is 0.0764. The number of methoxy groups -OCH3 is 1. The molecule has 0 aliphatic heterocycles. The summed E-state index contributed by atoms with van der Waals surface area (Å²) in [7, 11) is 3.42. The number of benzene rings is 1. The van der Waals surface area contributed by atoms with E-state index in [1.807, 2.05) is 25.8 Å². The molecule has 0 bridgehead atoms. The maximum Gasteiger partial charge on any atom is 0.257 e. The van der Waals surface area contributed by atoms with Crippen molar-refractivity contribution in [2.24, 2.45) is 0 Å². The summed E-state index contributed by atoms with van der Waals surface area (Å²) >= 11 is 0. The normalized spacial score (nSPS) is 10.1. The van der Waals surface area contributed by atoms with Crippen LogP contribution in [0.1, 0.15) is 29.8 Å². The van der Waals surface area contributed by atoms with Crippen molar-refractivity contribution in [3.05, 3.63) is 47.7 Å². The van der Waals surface area contributed by atoms with E-state index < -0.39 is 0 Å². The van der Waals surface area contributed by atoms with Gasteiger partial charge in [0.05, 0.1) is 30.9 Å². The average molecular weight is 382 g/mol. The summed E-state index contributed by atoms with van der Waals surface area (Å²) in [6.07, 6.45) is 1.61. The Labute approximate surface area is 166 Å². The van der Waals surface area contributed by atoms with Crippen LogP contribution in [-0.4, -0.2) is 56.2 Å². The molecule has 0 spiro atoms. The second-order valence-electron chi connectivity index (χ2n) is 6.09. The molecule has 1 heterocycles. The summed E-state index contributed by atoms with van der Waals surface area (Å²) in [5.41, 5.74) is 1.03. The van der Waals surface area contributed by atoms with E-state index >= 15 is 0 Å². The fourth-order valence-electron chi connectivity index (χ4n) is 2.82. The van der Waals surface area contributed by atoms with E-state index in [1.165, 1.54) is 7.11 Å². The number of hydrogen-bond donors (Lipinski definition) is 0. The van der Waals surface area contributed by atoms with E-state index in [0.717, 1.165) is 0 Å². The minimum absolute atomic E-state index is 0.118. The molecule has 1 aromatic carbocycles. The Morgan fingerprint density at radius 1 is 1.25 bits per heavy atom. The van der Waals surface area contributed by atoms with Crippen molar-refractivity contribution in [2.45, 2.75) is 13.8 Å². The highest BCUT2D eigenvalue weighted by molar-refractivity contribution is 5.97. The minimum atomic E-state index is -0.118. The number of anilines is 1. The number of aromatic nitrogens is 1. The van der Waals surface area contributed by atoms with Crippen molar-refractivity contribution >= 4 is 11.7 Å². The number of nitriles is 1. The van der Waals surface area contributed by atoms with Gasteiger partial charge in [0.2, 0.25) is 0 Å². The van der Waals surface area contributed by atoms with Gasteiger partial charge in [0.15, 0.2) is 11.5 Å². The van der Waals surface area contributed by atoms with Crippen LogP contribution in [0.2, 0.25) is 0 Å². The molecule has 0 aliphatic carbocycles. The van der Waals surface area contributed by atoms with Gasteiger partial charge in [0, 0.05) is 32.9 Å². The van der Waals surface area contributed by atoms with Crippen molar-refractivity contribution in [2.75, 3.05) is 45.3 Å². The van der Waals surface area contributed by atoms with E-state index in [1.54, 1.807) is 41.4 Å². The van der Waals surface area contributed by atoms with E-state index in [-0.39, 0.29) is 5.91 Å². The van der Waals surface area contributed by atoms with Crippen molar-refractivity contribution in [3.63, 3.8) is 0 Å².